The molecule has 0 amide bonds. The van der Waals surface area contributed by atoms with E-state index < -0.39 is 51.4 Å². The summed E-state index contributed by atoms with van der Waals surface area (Å²) in [5.41, 5.74) is -1.67. The second kappa shape index (κ2) is 7.54. The lowest BCUT2D eigenvalue weighted by atomic mass is 9.78. The molecule has 0 aromatic heterocycles. The molecule has 1 N–H and O–H groups in total. The number of sulfonamides is 1. The third kappa shape index (κ3) is 4.74. The molecule has 1 aliphatic rings. The third-order valence-electron chi connectivity index (χ3n) is 5.10. The Bertz CT molecular complexity index is 1030. The number of rotatable bonds is 5. The van der Waals surface area contributed by atoms with Gasteiger partial charge >= 0.3 is 7.12 Å². The molecule has 0 bridgehead atoms. The van der Waals surface area contributed by atoms with Crippen LogP contribution in [0.5, 0.6) is 0 Å². The van der Waals surface area contributed by atoms with Gasteiger partial charge in [-0.1, -0.05) is 23.7 Å². The highest BCUT2D eigenvalue weighted by Gasteiger charge is 2.52. The predicted molar refractivity (Wildman–Crippen MR) is 110 cm³/mol. The van der Waals surface area contributed by atoms with Crippen LogP contribution in [0.2, 0.25) is 5.02 Å². The number of nitrogens with one attached hydrogen (secondary N) is 1. The van der Waals surface area contributed by atoms with E-state index in [9.17, 15) is 17.2 Å². The summed E-state index contributed by atoms with van der Waals surface area (Å²) in [7, 11) is -5.10. The van der Waals surface area contributed by atoms with E-state index in [2.05, 4.69) is 4.72 Å². The van der Waals surface area contributed by atoms with Crippen LogP contribution in [0.3, 0.4) is 0 Å². The molecule has 0 spiro atoms. The molecule has 1 aliphatic heterocycles. The van der Waals surface area contributed by atoms with E-state index in [1.54, 1.807) is 45.9 Å². The summed E-state index contributed by atoms with van der Waals surface area (Å²) in [5.74, 6) is -2.22. The van der Waals surface area contributed by atoms with Gasteiger partial charge in [0, 0.05) is 16.6 Å². The monoisotopic (exact) mass is 443 g/mol. The van der Waals surface area contributed by atoms with Crippen LogP contribution in [0.4, 0.5) is 14.5 Å². The molecule has 5 nitrogen and oxygen atoms in total. The first kappa shape index (κ1) is 22.0. The van der Waals surface area contributed by atoms with Gasteiger partial charge in [0.1, 0.15) is 11.6 Å². The minimum Gasteiger partial charge on any atom is -0.399 e. The van der Waals surface area contributed by atoms with E-state index in [4.69, 9.17) is 20.9 Å². The van der Waals surface area contributed by atoms with E-state index in [1.165, 1.54) is 6.07 Å². The molecular weight excluding hydrogens is 423 g/mol. The van der Waals surface area contributed by atoms with E-state index in [0.29, 0.717) is 10.6 Å². The molecule has 1 heterocycles. The van der Waals surface area contributed by atoms with E-state index in [1.807, 2.05) is 0 Å². The summed E-state index contributed by atoms with van der Waals surface area (Å²) in [6.07, 6.45) is 0. The van der Waals surface area contributed by atoms with Crippen molar-refractivity contribution in [2.75, 3.05) is 4.72 Å². The van der Waals surface area contributed by atoms with Gasteiger partial charge in [0.05, 0.1) is 22.6 Å². The van der Waals surface area contributed by atoms with Crippen molar-refractivity contribution in [1.29, 1.82) is 0 Å². The number of halogens is 3. The zero-order chi connectivity index (χ0) is 21.6. The molecular formula is C19H21BClF2NO4S. The molecule has 0 atom stereocenters. The van der Waals surface area contributed by atoms with Crippen LogP contribution in [0.15, 0.2) is 36.4 Å². The van der Waals surface area contributed by atoms with Crippen molar-refractivity contribution in [2.24, 2.45) is 0 Å². The number of hydrogen-bond donors (Lipinski definition) is 1. The molecule has 29 heavy (non-hydrogen) atoms. The zero-order valence-corrected chi connectivity index (χ0v) is 18.0. The second-order valence-electron chi connectivity index (χ2n) is 7.93. The van der Waals surface area contributed by atoms with Gasteiger partial charge in [-0.2, -0.15) is 0 Å². The molecule has 1 saturated heterocycles. The molecule has 0 unspecified atom stereocenters. The highest BCUT2D eigenvalue weighted by Crippen LogP contribution is 2.37. The lowest BCUT2D eigenvalue weighted by molar-refractivity contribution is 0.00578. The molecule has 156 valence electrons. The van der Waals surface area contributed by atoms with Crippen molar-refractivity contribution in [1.82, 2.24) is 0 Å². The highest BCUT2D eigenvalue weighted by molar-refractivity contribution is 7.91. The lowest BCUT2D eigenvalue weighted by Crippen LogP contribution is -2.41. The fraction of sp³-hybridized carbons (Fsp3) is 0.368. The molecule has 0 saturated carbocycles. The number of anilines is 1. The van der Waals surface area contributed by atoms with E-state index in [0.717, 1.165) is 12.1 Å². The van der Waals surface area contributed by atoms with E-state index in [-0.39, 0.29) is 5.46 Å². The summed E-state index contributed by atoms with van der Waals surface area (Å²) in [6.45, 7) is 7.17. The topological polar surface area (TPSA) is 64.6 Å². The van der Waals surface area contributed by atoms with Gasteiger partial charge in [-0.25, -0.2) is 17.2 Å². The van der Waals surface area contributed by atoms with Crippen LogP contribution in [-0.4, -0.2) is 26.7 Å². The predicted octanol–water partition coefficient (Wildman–Crippen LogP) is 3.86. The minimum atomic E-state index is -3.99. The summed E-state index contributed by atoms with van der Waals surface area (Å²) in [6, 6.07) is 7.93. The van der Waals surface area contributed by atoms with Crippen molar-refractivity contribution in [3.63, 3.8) is 0 Å². The largest absolute Gasteiger partial charge is 0.497 e. The molecule has 2 aromatic carbocycles. The highest BCUT2D eigenvalue weighted by atomic mass is 35.5. The molecule has 2 aromatic rings. The Balaban J connectivity index is 1.83. The Morgan fingerprint density at radius 1 is 1.03 bits per heavy atom. The lowest BCUT2D eigenvalue weighted by Gasteiger charge is -2.32. The average molecular weight is 444 g/mol. The van der Waals surface area contributed by atoms with Gasteiger partial charge in [-0.05, 0) is 51.5 Å². The fourth-order valence-corrected chi connectivity index (χ4v) is 4.24. The Morgan fingerprint density at radius 2 is 1.66 bits per heavy atom. The zero-order valence-electron chi connectivity index (χ0n) is 16.4. The maximum absolute atomic E-state index is 14.7. The van der Waals surface area contributed by atoms with Gasteiger partial charge in [-0.3, -0.25) is 4.72 Å². The van der Waals surface area contributed by atoms with Gasteiger partial charge in [0.15, 0.2) is 0 Å². The van der Waals surface area contributed by atoms with Gasteiger partial charge < -0.3 is 9.31 Å². The van der Waals surface area contributed by atoms with Crippen molar-refractivity contribution in [3.05, 3.63) is 58.6 Å². The van der Waals surface area contributed by atoms with E-state index >= 15 is 0 Å². The fourth-order valence-electron chi connectivity index (χ4n) is 2.84. The Hall–Kier alpha value is -1.68. The Labute approximate surface area is 174 Å². The quantitative estimate of drug-likeness (QED) is 0.713. The van der Waals surface area contributed by atoms with Crippen molar-refractivity contribution < 1.29 is 26.5 Å². The average Bonchev–Trinajstić information content (AvgIpc) is 2.77. The van der Waals surface area contributed by atoms with Crippen LogP contribution in [0.25, 0.3) is 0 Å². The standard InChI is InChI=1S/C19H21BClF2NO4S/c1-18(2)19(3,4)28-20(27-18)14-9-16(23)17(10-15(14)22)24-29(25,26)11-12-6-5-7-13(21)8-12/h5-10,24H,11H2,1-4H3. The summed E-state index contributed by atoms with van der Waals surface area (Å²) >= 11 is 5.85. The normalized spacial score (nSPS) is 18.1. The first-order valence-corrected chi connectivity index (χ1v) is 10.9. The summed E-state index contributed by atoms with van der Waals surface area (Å²) < 4.78 is 67.5. The van der Waals surface area contributed by atoms with Crippen LogP contribution in [-0.2, 0) is 25.1 Å². The summed E-state index contributed by atoms with van der Waals surface area (Å²) in [5, 5.41) is 0.377. The molecule has 0 radical (unpaired) electrons. The van der Waals surface area contributed by atoms with Gasteiger partial charge in [-0.15, -0.1) is 0 Å². The smallest absolute Gasteiger partial charge is 0.399 e. The van der Waals surface area contributed by atoms with Gasteiger partial charge in [0.2, 0.25) is 10.0 Å². The number of hydrogen-bond acceptors (Lipinski definition) is 4. The first-order chi connectivity index (χ1) is 13.3. The van der Waals surface area contributed by atoms with Crippen LogP contribution in [0.1, 0.15) is 33.3 Å². The minimum absolute atomic E-state index is 0.140. The first-order valence-electron chi connectivity index (χ1n) is 8.89. The van der Waals surface area contributed by atoms with Gasteiger partial charge in [0.25, 0.3) is 0 Å². The van der Waals surface area contributed by atoms with Crippen molar-refractivity contribution in [2.45, 2.75) is 44.6 Å². The molecule has 3 rings (SSSR count). The maximum atomic E-state index is 14.7. The molecule has 10 heteroatoms. The maximum Gasteiger partial charge on any atom is 0.497 e. The molecule has 1 fully saturated rings. The van der Waals surface area contributed by atoms with Crippen molar-refractivity contribution in [3.8, 4) is 0 Å². The molecule has 0 aliphatic carbocycles. The van der Waals surface area contributed by atoms with Crippen LogP contribution in [0, 0.1) is 11.6 Å². The Morgan fingerprint density at radius 3 is 2.24 bits per heavy atom. The van der Waals surface area contributed by atoms with Crippen LogP contribution < -0.4 is 10.2 Å². The van der Waals surface area contributed by atoms with Crippen molar-refractivity contribution >= 4 is 39.9 Å². The third-order valence-corrected chi connectivity index (χ3v) is 6.58. The summed E-state index contributed by atoms with van der Waals surface area (Å²) in [4.78, 5) is 0. The van der Waals surface area contributed by atoms with Crippen LogP contribution >= 0.6 is 11.6 Å². The number of benzene rings is 2. The SMILES string of the molecule is CC1(C)OB(c2cc(F)c(NS(=O)(=O)Cc3cccc(Cl)c3)cc2F)OC1(C)C. The Kier molecular flexibility index (Phi) is 5.72. The second-order valence-corrected chi connectivity index (χ2v) is 10.1.